The number of hydrogen-bond acceptors (Lipinski definition) is 2. The molecule has 0 aliphatic carbocycles. The average Bonchev–Trinajstić information content (AvgIpc) is 2.40. The highest BCUT2D eigenvalue weighted by Crippen LogP contribution is 1.98. The lowest BCUT2D eigenvalue weighted by Crippen LogP contribution is -2.50. The molecule has 18 heavy (non-hydrogen) atoms. The molecule has 1 amide bonds. The fourth-order valence-corrected chi connectivity index (χ4v) is 1.90. The minimum atomic E-state index is -0.160. The third-order valence-electron chi connectivity index (χ3n) is 3.12. The zero-order chi connectivity index (χ0) is 13.0. The summed E-state index contributed by atoms with van der Waals surface area (Å²) in [5, 5.41) is 2.74. The molecule has 0 radical (unpaired) electrons. The van der Waals surface area contributed by atoms with Gasteiger partial charge in [-0.25, -0.2) is 5.32 Å². The van der Waals surface area contributed by atoms with Crippen molar-refractivity contribution >= 4 is 11.9 Å². The van der Waals surface area contributed by atoms with Gasteiger partial charge < -0.3 is 4.90 Å². The predicted octanol–water partition coefficient (Wildman–Crippen LogP) is -0.311. The molecule has 0 unspecified atom stereocenters. The van der Waals surface area contributed by atoms with Crippen LogP contribution in [0.1, 0.15) is 10.4 Å². The quantitative estimate of drug-likeness (QED) is 0.528. The molecule has 1 aromatic rings. The van der Waals surface area contributed by atoms with Crippen LogP contribution < -0.4 is 11.1 Å². The van der Waals surface area contributed by atoms with Gasteiger partial charge in [0.1, 0.15) is 0 Å². The van der Waals surface area contributed by atoms with E-state index >= 15 is 0 Å². The number of amides is 1. The Kier molecular flexibility index (Phi) is 3.94. The van der Waals surface area contributed by atoms with E-state index in [1.165, 1.54) is 0 Å². The number of nitrogens with one attached hydrogen (secondary N) is 1. The lowest BCUT2D eigenvalue weighted by Gasteiger charge is -2.24. The number of carbonyl (C=O) groups excluding carboxylic acids is 1. The molecule has 1 fully saturated rings. The molecule has 0 atom stereocenters. The third kappa shape index (κ3) is 3.07. The largest absolute Gasteiger partial charge is 0.351 e. The molecule has 1 saturated heterocycles. The van der Waals surface area contributed by atoms with E-state index in [9.17, 15) is 4.79 Å². The Morgan fingerprint density at radius 1 is 1.28 bits per heavy atom. The monoisotopic (exact) mass is 247 g/mol. The van der Waals surface area contributed by atoms with E-state index in [0.717, 1.165) is 26.2 Å². The fourth-order valence-electron chi connectivity index (χ4n) is 1.90. The van der Waals surface area contributed by atoms with Crippen LogP contribution in [0.2, 0.25) is 0 Å². The molecule has 3 N–H and O–H groups in total. The number of carbonyl (C=O) groups is 1. The molecule has 1 aliphatic rings. The molecule has 96 valence electrons. The van der Waals surface area contributed by atoms with Crippen LogP contribution >= 0.6 is 0 Å². The summed E-state index contributed by atoms with van der Waals surface area (Å²) in [7, 11) is 2.08. The van der Waals surface area contributed by atoms with E-state index in [2.05, 4.69) is 17.3 Å². The number of nitrogens with zero attached hydrogens (tertiary/aromatic N) is 2. The molecule has 1 aromatic carbocycles. The van der Waals surface area contributed by atoms with Gasteiger partial charge in [-0.3, -0.25) is 15.1 Å². The molecule has 5 heteroatoms. The second-order valence-electron chi connectivity index (χ2n) is 4.50. The SMILES string of the molecule is CN1CC[N+](=C(N)NC(=O)c2ccccc2)CC1. The van der Waals surface area contributed by atoms with Crippen molar-refractivity contribution in [3.63, 3.8) is 0 Å². The summed E-state index contributed by atoms with van der Waals surface area (Å²) in [6.07, 6.45) is 0. The summed E-state index contributed by atoms with van der Waals surface area (Å²) in [6.45, 7) is 3.61. The maximum absolute atomic E-state index is 11.9. The molecule has 0 saturated carbocycles. The fraction of sp³-hybridized carbons (Fsp3) is 0.385. The smallest absolute Gasteiger partial charge is 0.300 e. The lowest BCUT2D eigenvalue weighted by atomic mass is 10.2. The molecule has 0 bridgehead atoms. The van der Waals surface area contributed by atoms with Crippen LogP contribution in [0.4, 0.5) is 0 Å². The summed E-state index contributed by atoms with van der Waals surface area (Å²) in [5.74, 6) is 0.281. The molecule has 0 aromatic heterocycles. The van der Waals surface area contributed by atoms with Crippen molar-refractivity contribution in [2.24, 2.45) is 5.73 Å². The molecular formula is C13H19N4O+. The van der Waals surface area contributed by atoms with Crippen LogP contribution in [0.5, 0.6) is 0 Å². The number of nitrogens with two attached hydrogens (primary N) is 1. The average molecular weight is 247 g/mol. The number of piperazine rings is 1. The van der Waals surface area contributed by atoms with Crippen LogP contribution in [0.15, 0.2) is 30.3 Å². The first-order valence-corrected chi connectivity index (χ1v) is 6.09. The Morgan fingerprint density at radius 3 is 2.50 bits per heavy atom. The van der Waals surface area contributed by atoms with Gasteiger partial charge in [-0.2, -0.15) is 0 Å². The van der Waals surface area contributed by atoms with E-state index in [0.29, 0.717) is 11.5 Å². The second kappa shape index (κ2) is 5.64. The molecule has 1 aliphatic heterocycles. The molecule has 5 nitrogen and oxygen atoms in total. The minimum absolute atomic E-state index is 0.160. The highest BCUT2D eigenvalue weighted by molar-refractivity contribution is 6.03. The van der Waals surface area contributed by atoms with Crippen molar-refractivity contribution in [3.05, 3.63) is 35.9 Å². The van der Waals surface area contributed by atoms with Gasteiger partial charge in [0, 0.05) is 13.1 Å². The van der Waals surface area contributed by atoms with Crippen molar-refractivity contribution in [2.75, 3.05) is 33.2 Å². The van der Waals surface area contributed by atoms with Gasteiger partial charge in [0.05, 0.1) is 18.7 Å². The van der Waals surface area contributed by atoms with Crippen molar-refractivity contribution in [3.8, 4) is 0 Å². The summed E-state index contributed by atoms with van der Waals surface area (Å²) in [5.41, 5.74) is 6.54. The van der Waals surface area contributed by atoms with Gasteiger partial charge >= 0.3 is 11.9 Å². The molecule has 1 heterocycles. The van der Waals surface area contributed by atoms with E-state index in [-0.39, 0.29) is 5.91 Å². The van der Waals surface area contributed by atoms with Gasteiger partial charge in [0.2, 0.25) is 0 Å². The van der Waals surface area contributed by atoms with E-state index in [1.54, 1.807) is 12.1 Å². The number of rotatable bonds is 1. The Labute approximate surface area is 107 Å². The molecular weight excluding hydrogens is 228 g/mol. The highest BCUT2D eigenvalue weighted by atomic mass is 16.1. The lowest BCUT2D eigenvalue weighted by molar-refractivity contribution is -0.541. The summed E-state index contributed by atoms with van der Waals surface area (Å²) >= 11 is 0. The van der Waals surface area contributed by atoms with Gasteiger partial charge in [-0.05, 0) is 19.2 Å². The van der Waals surface area contributed by atoms with Crippen LogP contribution in [0.25, 0.3) is 0 Å². The molecule has 0 spiro atoms. The Bertz CT molecular complexity index is 445. The van der Waals surface area contributed by atoms with Gasteiger partial charge in [-0.15, -0.1) is 0 Å². The van der Waals surface area contributed by atoms with Gasteiger partial charge in [0.25, 0.3) is 0 Å². The summed E-state index contributed by atoms with van der Waals surface area (Å²) < 4.78 is 2.00. The Balaban J connectivity index is 2.01. The Morgan fingerprint density at radius 2 is 1.89 bits per heavy atom. The first kappa shape index (κ1) is 12.6. The second-order valence-corrected chi connectivity index (χ2v) is 4.50. The predicted molar refractivity (Wildman–Crippen MR) is 70.6 cm³/mol. The minimum Gasteiger partial charge on any atom is -0.300 e. The standard InChI is InChI=1S/C13H18N4O/c1-16-7-9-17(10-8-16)13(14)15-12(18)11-5-3-2-4-6-11/h2-6H,7-10H2,1H3,(H2,14,15,18)/p+1. The van der Waals surface area contributed by atoms with Crippen LogP contribution in [-0.2, 0) is 0 Å². The number of hydrogen-bond donors (Lipinski definition) is 2. The molecule has 2 rings (SSSR count). The van der Waals surface area contributed by atoms with Crippen LogP contribution in [0, 0.1) is 0 Å². The number of benzene rings is 1. The first-order valence-electron chi connectivity index (χ1n) is 6.09. The van der Waals surface area contributed by atoms with E-state index in [1.807, 2.05) is 22.8 Å². The highest BCUT2D eigenvalue weighted by Gasteiger charge is 2.18. The van der Waals surface area contributed by atoms with Crippen LogP contribution in [0.3, 0.4) is 0 Å². The number of likely N-dealkylation sites (N-methyl/N-ethyl adjacent to an activating group) is 1. The number of guanidine groups is 1. The van der Waals surface area contributed by atoms with Crippen molar-refractivity contribution in [1.82, 2.24) is 10.2 Å². The Hall–Kier alpha value is -1.88. The van der Waals surface area contributed by atoms with Gasteiger partial charge in [-0.1, -0.05) is 18.2 Å². The normalized spacial score (nSPS) is 16.4. The van der Waals surface area contributed by atoms with Crippen LogP contribution in [-0.4, -0.2) is 54.6 Å². The maximum Gasteiger partial charge on any atom is 0.351 e. The third-order valence-corrected chi connectivity index (χ3v) is 3.12. The van der Waals surface area contributed by atoms with Crippen molar-refractivity contribution < 1.29 is 9.37 Å². The van der Waals surface area contributed by atoms with Crippen molar-refractivity contribution in [2.45, 2.75) is 0 Å². The zero-order valence-electron chi connectivity index (χ0n) is 10.6. The summed E-state index contributed by atoms with van der Waals surface area (Å²) in [4.78, 5) is 14.2. The van der Waals surface area contributed by atoms with E-state index in [4.69, 9.17) is 5.73 Å². The zero-order valence-corrected chi connectivity index (χ0v) is 10.6. The maximum atomic E-state index is 11.9. The summed E-state index contributed by atoms with van der Waals surface area (Å²) in [6, 6.07) is 9.09. The van der Waals surface area contributed by atoms with Gasteiger partial charge in [0.15, 0.2) is 0 Å². The first-order chi connectivity index (χ1) is 8.66. The van der Waals surface area contributed by atoms with Crippen molar-refractivity contribution in [1.29, 1.82) is 0 Å². The van der Waals surface area contributed by atoms with E-state index < -0.39 is 0 Å². The topological polar surface area (TPSA) is 61.4 Å².